The minimum atomic E-state index is -0.166. The lowest BCUT2D eigenvalue weighted by atomic mass is 9.44. The summed E-state index contributed by atoms with van der Waals surface area (Å²) in [6.07, 6.45) is 9.63. The highest BCUT2D eigenvalue weighted by Gasteiger charge is 2.63. The summed E-state index contributed by atoms with van der Waals surface area (Å²) in [6, 6.07) is 0.473. The summed E-state index contributed by atoms with van der Waals surface area (Å²) in [7, 11) is 4.49. The number of rotatable bonds is 3. The van der Waals surface area contributed by atoms with E-state index in [1.807, 2.05) is 18.7 Å². The quantitative estimate of drug-likeness (QED) is 0.428. The van der Waals surface area contributed by atoms with Crippen molar-refractivity contribution in [2.45, 2.75) is 98.1 Å². The van der Waals surface area contributed by atoms with Gasteiger partial charge >= 0.3 is 0 Å². The van der Waals surface area contributed by atoms with Crippen LogP contribution < -0.4 is 0 Å². The molecule has 0 spiro atoms. The third-order valence-corrected chi connectivity index (χ3v) is 11.8. The van der Waals surface area contributed by atoms with Gasteiger partial charge in [-0.15, -0.1) is 0 Å². The normalized spacial score (nSPS) is 45.9. The number of carbonyl (C=O) groups is 2. The van der Waals surface area contributed by atoms with Crippen LogP contribution in [0.1, 0.15) is 86.0 Å². The number of hydrogen-bond donors (Lipinski definition) is 0. The molecule has 4 heteroatoms. The molecule has 4 aliphatic carbocycles. The summed E-state index contributed by atoms with van der Waals surface area (Å²) in [5.74, 6) is 3.76. The molecule has 4 saturated carbocycles. The lowest BCUT2D eigenvalue weighted by Crippen LogP contribution is -2.63. The predicted molar refractivity (Wildman–Crippen MR) is 133 cm³/mol. The molecule has 4 nitrogen and oxygen atoms in total. The van der Waals surface area contributed by atoms with Crippen LogP contribution in [0.4, 0.5) is 0 Å². The highest BCUT2D eigenvalue weighted by molar-refractivity contribution is 6.04. The first-order valence-electron chi connectivity index (χ1n) is 13.7. The van der Waals surface area contributed by atoms with E-state index in [4.69, 9.17) is 0 Å². The fraction of sp³-hybridized carbons (Fsp3) is 0.862. The maximum Gasteiger partial charge on any atom is 0.252 e. The molecule has 0 aromatic carbocycles. The van der Waals surface area contributed by atoms with Crippen molar-refractivity contribution in [3.05, 3.63) is 11.1 Å². The maximum atomic E-state index is 13.8. The first kappa shape index (κ1) is 23.6. The second-order valence-electron chi connectivity index (χ2n) is 13.3. The molecule has 5 rings (SSSR count). The van der Waals surface area contributed by atoms with Crippen LogP contribution in [0.25, 0.3) is 0 Å². The van der Waals surface area contributed by atoms with Crippen LogP contribution in [-0.2, 0) is 9.59 Å². The number of β-lactam (4-membered cyclic amide) rings is 1. The Kier molecular flexibility index (Phi) is 5.67. The molecular weight excluding hydrogens is 408 g/mol. The average molecular weight is 455 g/mol. The number of hydrogen-bond acceptors (Lipinski definition) is 3. The Morgan fingerprint density at radius 1 is 0.939 bits per heavy atom. The van der Waals surface area contributed by atoms with Gasteiger partial charge in [0.2, 0.25) is 0 Å². The van der Waals surface area contributed by atoms with E-state index in [-0.39, 0.29) is 23.3 Å². The van der Waals surface area contributed by atoms with Gasteiger partial charge in [-0.1, -0.05) is 19.4 Å². The first-order valence-corrected chi connectivity index (χ1v) is 13.7. The summed E-state index contributed by atoms with van der Waals surface area (Å²) in [6.45, 7) is 12.2. The van der Waals surface area contributed by atoms with Crippen molar-refractivity contribution in [2.24, 2.45) is 40.4 Å². The van der Waals surface area contributed by atoms with Crippen molar-refractivity contribution in [3.63, 3.8) is 0 Å². The van der Waals surface area contributed by atoms with Gasteiger partial charge in [0.1, 0.15) is 0 Å². The van der Waals surface area contributed by atoms with Gasteiger partial charge in [0.25, 0.3) is 5.91 Å². The number of ketones is 1. The molecule has 1 aliphatic heterocycles. The number of nitrogens with zero attached hydrogens (tertiary/aromatic N) is 2. The zero-order valence-electron chi connectivity index (χ0n) is 22.1. The second kappa shape index (κ2) is 7.93. The van der Waals surface area contributed by atoms with Crippen molar-refractivity contribution >= 4 is 11.7 Å². The average Bonchev–Trinajstić information content (AvgIpc) is 3.10. The topological polar surface area (TPSA) is 40.6 Å². The fourth-order valence-electron chi connectivity index (χ4n) is 9.62. The van der Waals surface area contributed by atoms with Gasteiger partial charge < -0.3 is 9.80 Å². The predicted octanol–water partition coefficient (Wildman–Crippen LogP) is 5.32. The van der Waals surface area contributed by atoms with E-state index in [2.05, 4.69) is 39.8 Å². The molecule has 0 unspecified atom stereocenters. The molecule has 0 radical (unpaired) electrons. The van der Waals surface area contributed by atoms with Gasteiger partial charge in [-0.3, -0.25) is 9.59 Å². The third-order valence-electron chi connectivity index (χ3n) is 11.8. The van der Waals surface area contributed by atoms with Crippen LogP contribution in [-0.4, -0.2) is 54.2 Å². The molecule has 0 N–H and O–H groups in total. The first-order chi connectivity index (χ1) is 15.5. The summed E-state index contributed by atoms with van der Waals surface area (Å²) >= 11 is 0. The van der Waals surface area contributed by atoms with Gasteiger partial charge in [-0.25, -0.2) is 0 Å². The molecule has 184 valence electrons. The molecule has 0 aromatic rings. The summed E-state index contributed by atoms with van der Waals surface area (Å²) in [5, 5.41) is 0. The van der Waals surface area contributed by atoms with Crippen LogP contribution in [0.15, 0.2) is 11.1 Å². The van der Waals surface area contributed by atoms with Crippen LogP contribution in [0.3, 0.4) is 0 Å². The molecule has 5 fully saturated rings. The molecule has 5 aliphatic rings. The molecule has 1 saturated heterocycles. The highest BCUT2D eigenvalue weighted by atomic mass is 16.2. The van der Waals surface area contributed by atoms with E-state index < -0.39 is 0 Å². The zero-order valence-corrected chi connectivity index (χ0v) is 22.1. The largest absolute Gasteiger partial charge is 0.324 e. The highest BCUT2D eigenvalue weighted by Crippen LogP contribution is 2.67. The molecular formula is C29H46N2O2. The van der Waals surface area contributed by atoms with Gasteiger partial charge in [0, 0.05) is 17.5 Å². The van der Waals surface area contributed by atoms with Crippen molar-refractivity contribution < 1.29 is 9.59 Å². The Morgan fingerprint density at radius 3 is 2.24 bits per heavy atom. The third kappa shape index (κ3) is 3.25. The number of likely N-dealkylation sites (tertiary alicyclic amines) is 1. The van der Waals surface area contributed by atoms with Crippen molar-refractivity contribution in [1.29, 1.82) is 0 Å². The van der Waals surface area contributed by atoms with Gasteiger partial charge in [0.05, 0.1) is 12.6 Å². The number of fused-ring (bicyclic) bond motifs is 5. The Hall–Kier alpha value is -1.16. The van der Waals surface area contributed by atoms with E-state index in [0.29, 0.717) is 29.7 Å². The molecule has 1 heterocycles. The Bertz CT molecular complexity index is 873. The molecule has 0 bridgehead atoms. The Balaban J connectivity index is 1.34. The SMILES string of the molecule is CC(C)=C1CN([C@H]2CC[C@@]3(C)[C@@H](CC[C@@H]4[C@@H]3CC[C@]3(C)[C@@H]([C@H](C)N(C)C)CC[C@@H]43)C2=O)C1=O. The molecule has 0 aromatic heterocycles. The van der Waals surface area contributed by atoms with Gasteiger partial charge in [0.15, 0.2) is 5.78 Å². The van der Waals surface area contributed by atoms with Crippen molar-refractivity contribution in [1.82, 2.24) is 9.80 Å². The lowest BCUT2D eigenvalue weighted by molar-refractivity contribution is -0.162. The summed E-state index contributed by atoms with van der Waals surface area (Å²) < 4.78 is 0. The smallest absolute Gasteiger partial charge is 0.252 e. The lowest BCUT2D eigenvalue weighted by Gasteiger charge is -2.61. The summed E-state index contributed by atoms with van der Waals surface area (Å²) in [4.78, 5) is 30.8. The number of allylic oxidation sites excluding steroid dienone is 1. The van der Waals surface area contributed by atoms with Gasteiger partial charge in [-0.2, -0.15) is 0 Å². The molecule has 1 amide bonds. The monoisotopic (exact) mass is 454 g/mol. The van der Waals surface area contributed by atoms with Gasteiger partial charge in [-0.05, 0) is 121 Å². The Labute approximate surface area is 201 Å². The van der Waals surface area contributed by atoms with Crippen LogP contribution in [0, 0.1) is 40.4 Å². The van der Waals surface area contributed by atoms with Crippen LogP contribution in [0.5, 0.6) is 0 Å². The number of Topliss-reactive ketones (excluding diaryl/α,β-unsaturated/α-hetero) is 1. The maximum absolute atomic E-state index is 13.8. The zero-order chi connectivity index (χ0) is 23.9. The van der Waals surface area contributed by atoms with E-state index in [0.717, 1.165) is 48.2 Å². The summed E-state index contributed by atoms with van der Waals surface area (Å²) in [5.41, 5.74) is 2.62. The van der Waals surface area contributed by atoms with Crippen molar-refractivity contribution in [3.8, 4) is 0 Å². The second-order valence-corrected chi connectivity index (χ2v) is 13.3. The van der Waals surface area contributed by atoms with E-state index in [1.54, 1.807) is 0 Å². The molecule has 9 atom stereocenters. The fourth-order valence-corrected chi connectivity index (χ4v) is 9.62. The number of carbonyl (C=O) groups excluding carboxylic acids is 2. The van der Waals surface area contributed by atoms with Crippen LogP contribution in [0.2, 0.25) is 0 Å². The number of amides is 1. The standard InChI is InChI=1S/C29H46N2O2/c1-17(2)20-16-31(27(20)33)25-13-15-29(5)23-12-14-28(4)21(18(3)30(6)7)10-11-22(28)19(23)8-9-24(29)26(25)32/h18-19,21-25H,8-16H2,1-7H3/t18-,19-,21+,22-,23-,24-,25-,28+,29+/m0/s1. The minimum Gasteiger partial charge on any atom is -0.324 e. The van der Waals surface area contributed by atoms with E-state index >= 15 is 0 Å². The van der Waals surface area contributed by atoms with Crippen molar-refractivity contribution in [2.75, 3.05) is 20.6 Å². The molecule has 33 heavy (non-hydrogen) atoms. The van der Waals surface area contributed by atoms with E-state index in [9.17, 15) is 9.59 Å². The van der Waals surface area contributed by atoms with Crippen LogP contribution >= 0.6 is 0 Å². The Morgan fingerprint density at radius 2 is 1.61 bits per heavy atom. The van der Waals surface area contributed by atoms with E-state index in [1.165, 1.54) is 32.1 Å². The minimum absolute atomic E-state index is 0.117.